The van der Waals surface area contributed by atoms with Crippen molar-refractivity contribution in [3.63, 3.8) is 0 Å². The van der Waals surface area contributed by atoms with Crippen LogP contribution in [-0.4, -0.2) is 23.6 Å². The Balaban J connectivity index is 1.71. The zero-order valence-corrected chi connectivity index (χ0v) is 16.6. The van der Waals surface area contributed by atoms with Gasteiger partial charge in [0.25, 0.3) is 0 Å². The van der Waals surface area contributed by atoms with Gasteiger partial charge in [0.15, 0.2) is 11.6 Å². The van der Waals surface area contributed by atoms with Gasteiger partial charge in [-0.1, -0.05) is 24.6 Å². The Labute approximate surface area is 160 Å². The Bertz CT molecular complexity index is 827. The summed E-state index contributed by atoms with van der Waals surface area (Å²) in [6, 6.07) is 0. The maximum atomic E-state index is 13.6. The first-order valence-corrected chi connectivity index (χ1v) is 10.1. The molecule has 2 saturated carbocycles. The third-order valence-electron chi connectivity index (χ3n) is 7.49. The van der Waals surface area contributed by atoms with Gasteiger partial charge < -0.3 is 4.74 Å². The predicted octanol–water partition coefficient (Wildman–Crippen LogP) is 4.11. The van der Waals surface area contributed by atoms with E-state index in [2.05, 4.69) is 13.0 Å². The van der Waals surface area contributed by atoms with E-state index in [9.17, 15) is 14.4 Å². The molecular formula is C23H28O4. The summed E-state index contributed by atoms with van der Waals surface area (Å²) in [4.78, 5) is 37.5. The van der Waals surface area contributed by atoms with Crippen LogP contribution in [0.1, 0.15) is 59.8 Å². The van der Waals surface area contributed by atoms with Crippen molar-refractivity contribution in [3.8, 4) is 0 Å². The first-order chi connectivity index (χ1) is 12.8. The Morgan fingerprint density at radius 1 is 1.30 bits per heavy atom. The summed E-state index contributed by atoms with van der Waals surface area (Å²) in [6.07, 6.45) is 7.74. The molecule has 0 aliphatic heterocycles. The lowest BCUT2D eigenvalue weighted by molar-refractivity contribution is -0.148. The average molecular weight is 368 g/mol. The van der Waals surface area contributed by atoms with Crippen LogP contribution in [0.15, 0.2) is 34.4 Å². The van der Waals surface area contributed by atoms with Crippen molar-refractivity contribution in [1.82, 2.24) is 0 Å². The van der Waals surface area contributed by atoms with E-state index in [-0.39, 0.29) is 46.8 Å². The second-order valence-electron chi connectivity index (χ2n) is 8.84. The first-order valence-electron chi connectivity index (χ1n) is 10.1. The molecule has 5 atom stereocenters. The second kappa shape index (κ2) is 6.29. The third kappa shape index (κ3) is 2.60. The molecule has 0 aromatic carbocycles. The molecule has 0 aromatic rings. The van der Waals surface area contributed by atoms with E-state index in [4.69, 9.17) is 4.74 Å². The lowest BCUT2D eigenvalue weighted by Crippen LogP contribution is -2.44. The molecule has 4 heteroatoms. The van der Waals surface area contributed by atoms with Gasteiger partial charge in [0.1, 0.15) is 6.10 Å². The Kier molecular flexibility index (Phi) is 4.28. The number of ketones is 2. The van der Waals surface area contributed by atoms with Gasteiger partial charge >= 0.3 is 5.97 Å². The molecule has 4 nitrogen and oxygen atoms in total. The summed E-state index contributed by atoms with van der Waals surface area (Å²) >= 11 is 0. The molecule has 0 saturated heterocycles. The second-order valence-corrected chi connectivity index (χ2v) is 8.84. The monoisotopic (exact) mass is 368 g/mol. The number of fused-ring (bicyclic) bond motifs is 5. The molecule has 2 fully saturated rings. The van der Waals surface area contributed by atoms with Gasteiger partial charge in [0.05, 0.1) is 0 Å². The van der Waals surface area contributed by atoms with Crippen molar-refractivity contribution >= 4 is 17.5 Å². The van der Waals surface area contributed by atoms with Crippen LogP contribution in [0.5, 0.6) is 0 Å². The molecule has 4 aliphatic rings. The van der Waals surface area contributed by atoms with E-state index in [0.717, 1.165) is 42.4 Å². The van der Waals surface area contributed by atoms with Crippen LogP contribution in [0, 0.1) is 23.2 Å². The third-order valence-corrected chi connectivity index (χ3v) is 7.49. The SMILES string of the molecule is C/C=C1/C(=O)CC2C(=C1C)C(=O)C1C2CC=C2CC(OC(C)=O)CCC21C. The van der Waals surface area contributed by atoms with Gasteiger partial charge in [-0.15, -0.1) is 0 Å². The molecule has 5 unspecified atom stereocenters. The Morgan fingerprint density at radius 3 is 2.70 bits per heavy atom. The highest BCUT2D eigenvalue weighted by Gasteiger charge is 2.59. The van der Waals surface area contributed by atoms with Crippen LogP contribution in [0.4, 0.5) is 0 Å². The van der Waals surface area contributed by atoms with Gasteiger partial charge in [-0.3, -0.25) is 14.4 Å². The maximum Gasteiger partial charge on any atom is 0.302 e. The van der Waals surface area contributed by atoms with Gasteiger partial charge in [0.2, 0.25) is 0 Å². The molecular weight excluding hydrogens is 340 g/mol. The highest BCUT2D eigenvalue weighted by atomic mass is 16.5. The lowest BCUT2D eigenvalue weighted by Gasteiger charge is -2.48. The molecule has 0 N–H and O–H groups in total. The fourth-order valence-electron chi connectivity index (χ4n) is 6.30. The number of hydrogen-bond acceptors (Lipinski definition) is 4. The van der Waals surface area contributed by atoms with Crippen LogP contribution in [0.3, 0.4) is 0 Å². The fourth-order valence-corrected chi connectivity index (χ4v) is 6.30. The Hall–Kier alpha value is -1.97. The normalized spacial score (nSPS) is 39.7. The molecule has 0 spiro atoms. The number of rotatable bonds is 1. The van der Waals surface area contributed by atoms with Crippen molar-refractivity contribution < 1.29 is 19.1 Å². The van der Waals surface area contributed by atoms with Crippen LogP contribution in [-0.2, 0) is 19.1 Å². The van der Waals surface area contributed by atoms with Crippen LogP contribution < -0.4 is 0 Å². The minimum absolute atomic E-state index is 0.0465. The van der Waals surface area contributed by atoms with E-state index in [1.54, 1.807) is 0 Å². The molecule has 144 valence electrons. The van der Waals surface area contributed by atoms with Crippen molar-refractivity contribution in [2.45, 2.75) is 65.9 Å². The molecule has 0 heterocycles. The first kappa shape index (κ1) is 18.4. The summed E-state index contributed by atoms with van der Waals surface area (Å²) in [6.45, 7) is 7.48. The topological polar surface area (TPSA) is 60.4 Å². The zero-order valence-electron chi connectivity index (χ0n) is 16.6. The number of carbonyl (C=O) groups is 3. The molecule has 0 aromatic heterocycles. The number of Topliss-reactive ketones (excluding diaryl/α,β-unsaturated/α-hetero) is 2. The number of carbonyl (C=O) groups excluding carboxylic acids is 3. The van der Waals surface area contributed by atoms with Crippen molar-refractivity contribution in [2.24, 2.45) is 23.2 Å². The number of allylic oxidation sites excluding steroid dienone is 5. The molecule has 0 amide bonds. The smallest absolute Gasteiger partial charge is 0.302 e. The summed E-state index contributed by atoms with van der Waals surface area (Å²) in [5.41, 5.74) is 3.63. The van der Waals surface area contributed by atoms with Crippen molar-refractivity contribution in [1.29, 1.82) is 0 Å². The number of ether oxygens (including phenoxy) is 1. The van der Waals surface area contributed by atoms with Gasteiger partial charge in [-0.05, 0) is 55.9 Å². The average Bonchev–Trinajstić information content (AvgIpc) is 2.88. The number of hydrogen-bond donors (Lipinski definition) is 0. The zero-order chi connectivity index (χ0) is 19.5. The molecule has 4 rings (SSSR count). The highest BCUT2D eigenvalue weighted by Crippen LogP contribution is 2.61. The van der Waals surface area contributed by atoms with E-state index in [1.807, 2.05) is 19.9 Å². The van der Waals surface area contributed by atoms with E-state index < -0.39 is 0 Å². The standard InChI is InChI=1S/C23H28O4/c1-5-16-12(2)20-18(11-19(16)25)17-7-6-14-10-15(27-13(3)24)8-9-23(14,4)21(17)22(20)26/h5-6,15,17-18,21H,7-11H2,1-4H3/b16-5+. The van der Waals surface area contributed by atoms with E-state index in [0.29, 0.717) is 6.42 Å². The van der Waals surface area contributed by atoms with Gasteiger partial charge in [-0.25, -0.2) is 0 Å². The van der Waals surface area contributed by atoms with Crippen LogP contribution in [0.2, 0.25) is 0 Å². The lowest BCUT2D eigenvalue weighted by atomic mass is 9.56. The van der Waals surface area contributed by atoms with E-state index in [1.165, 1.54) is 12.5 Å². The van der Waals surface area contributed by atoms with Crippen molar-refractivity contribution in [3.05, 3.63) is 34.4 Å². The number of esters is 1. The minimum atomic E-state index is -0.237. The minimum Gasteiger partial charge on any atom is -0.462 e. The largest absolute Gasteiger partial charge is 0.462 e. The quantitative estimate of drug-likeness (QED) is 0.397. The highest BCUT2D eigenvalue weighted by molar-refractivity contribution is 6.10. The summed E-state index contributed by atoms with van der Waals surface area (Å²) < 4.78 is 5.45. The predicted molar refractivity (Wildman–Crippen MR) is 102 cm³/mol. The maximum absolute atomic E-state index is 13.6. The summed E-state index contributed by atoms with van der Waals surface area (Å²) in [5, 5.41) is 0. The molecule has 0 bridgehead atoms. The molecule has 0 radical (unpaired) electrons. The van der Waals surface area contributed by atoms with Gasteiger partial charge in [-0.2, -0.15) is 0 Å². The summed E-state index contributed by atoms with van der Waals surface area (Å²) in [5.74, 6) is 0.446. The van der Waals surface area contributed by atoms with E-state index >= 15 is 0 Å². The molecule has 27 heavy (non-hydrogen) atoms. The summed E-state index contributed by atoms with van der Waals surface area (Å²) in [7, 11) is 0. The van der Waals surface area contributed by atoms with Gasteiger partial charge in [0, 0.05) is 36.8 Å². The van der Waals surface area contributed by atoms with Crippen LogP contribution >= 0.6 is 0 Å². The fraction of sp³-hybridized carbons (Fsp3) is 0.609. The Morgan fingerprint density at radius 2 is 2.04 bits per heavy atom. The van der Waals surface area contributed by atoms with Crippen molar-refractivity contribution in [2.75, 3.05) is 0 Å². The van der Waals surface area contributed by atoms with Crippen LogP contribution in [0.25, 0.3) is 0 Å². The molecule has 4 aliphatic carbocycles.